The summed E-state index contributed by atoms with van der Waals surface area (Å²) in [7, 11) is 0. The molecule has 0 spiro atoms. The molecule has 7 heteroatoms. The van der Waals surface area contributed by atoms with Crippen LogP contribution in [0.2, 0.25) is 0 Å². The van der Waals surface area contributed by atoms with E-state index in [2.05, 4.69) is 10.3 Å². The summed E-state index contributed by atoms with van der Waals surface area (Å²) >= 11 is 1.76. The fourth-order valence-electron chi connectivity index (χ4n) is 1.34. The Balaban J connectivity index is 2.73. The average molecular weight is 256 g/mol. The van der Waals surface area contributed by atoms with Gasteiger partial charge in [-0.25, -0.2) is 4.98 Å². The molecule has 94 valence electrons. The first-order chi connectivity index (χ1) is 8.02. The van der Waals surface area contributed by atoms with Crippen molar-refractivity contribution in [2.24, 2.45) is 0 Å². The van der Waals surface area contributed by atoms with Crippen molar-refractivity contribution in [3.63, 3.8) is 0 Å². The van der Waals surface area contributed by atoms with Crippen LogP contribution >= 0.6 is 11.8 Å². The third kappa shape index (κ3) is 4.48. The summed E-state index contributed by atoms with van der Waals surface area (Å²) in [6.45, 7) is 2.01. The quantitative estimate of drug-likeness (QED) is 0.598. The van der Waals surface area contributed by atoms with Gasteiger partial charge >= 0.3 is 0 Å². The second kappa shape index (κ2) is 6.29. The van der Waals surface area contributed by atoms with E-state index in [-0.39, 0.29) is 17.5 Å². The predicted molar refractivity (Wildman–Crippen MR) is 71.4 cm³/mol. The number of hydrogen-bond donors (Lipinski definition) is 2. The molecule has 1 heterocycles. The first-order valence-electron chi connectivity index (χ1n) is 5.20. The molecule has 0 amide bonds. The number of nitrogens with two attached hydrogens (primary N) is 1. The molecule has 1 aromatic heterocycles. The second-order valence-corrected chi connectivity index (χ2v) is 4.71. The van der Waals surface area contributed by atoms with E-state index in [1.54, 1.807) is 11.8 Å². The van der Waals surface area contributed by atoms with Gasteiger partial charge in [0, 0.05) is 6.04 Å². The minimum atomic E-state index is -0.476. The fourth-order valence-corrected chi connectivity index (χ4v) is 1.92. The standard InChI is InChI=1S/C10H16N4O2S/c1-7(3-4-17-2)12-10-6-8(14(15)16)5-9(11)13-10/h5-7H,3-4H2,1-2H3,(H3,11,12,13). The molecule has 0 aromatic carbocycles. The lowest BCUT2D eigenvalue weighted by atomic mass is 10.2. The van der Waals surface area contributed by atoms with Crippen molar-refractivity contribution >= 4 is 29.1 Å². The van der Waals surface area contributed by atoms with Gasteiger partial charge in [0.2, 0.25) is 0 Å². The summed E-state index contributed by atoms with van der Waals surface area (Å²) in [6, 6.07) is 2.85. The van der Waals surface area contributed by atoms with Gasteiger partial charge < -0.3 is 11.1 Å². The first kappa shape index (κ1) is 13.6. The van der Waals surface area contributed by atoms with Crippen LogP contribution in [0.15, 0.2) is 12.1 Å². The summed E-state index contributed by atoms with van der Waals surface area (Å²) in [6.07, 6.45) is 3.00. The van der Waals surface area contributed by atoms with E-state index in [4.69, 9.17) is 5.73 Å². The zero-order valence-corrected chi connectivity index (χ0v) is 10.7. The number of rotatable bonds is 6. The van der Waals surface area contributed by atoms with Gasteiger partial charge in [-0.15, -0.1) is 0 Å². The molecule has 0 radical (unpaired) electrons. The van der Waals surface area contributed by atoms with Gasteiger partial charge in [-0.1, -0.05) is 0 Å². The first-order valence-corrected chi connectivity index (χ1v) is 6.59. The van der Waals surface area contributed by atoms with Crippen LogP contribution in [0.3, 0.4) is 0 Å². The highest BCUT2D eigenvalue weighted by molar-refractivity contribution is 7.98. The zero-order chi connectivity index (χ0) is 12.8. The molecule has 0 aliphatic rings. The van der Waals surface area contributed by atoms with Crippen molar-refractivity contribution in [2.45, 2.75) is 19.4 Å². The molecular formula is C10H16N4O2S. The topological polar surface area (TPSA) is 94.1 Å². The Labute approximate surface area is 104 Å². The van der Waals surface area contributed by atoms with Crippen LogP contribution < -0.4 is 11.1 Å². The summed E-state index contributed by atoms with van der Waals surface area (Å²) in [5, 5.41) is 13.8. The molecule has 0 bridgehead atoms. The van der Waals surface area contributed by atoms with Crippen molar-refractivity contribution in [1.29, 1.82) is 0 Å². The molecule has 17 heavy (non-hydrogen) atoms. The Morgan fingerprint density at radius 3 is 2.94 bits per heavy atom. The lowest BCUT2D eigenvalue weighted by Crippen LogP contribution is -2.17. The van der Waals surface area contributed by atoms with E-state index in [0.717, 1.165) is 12.2 Å². The lowest BCUT2D eigenvalue weighted by molar-refractivity contribution is -0.384. The Morgan fingerprint density at radius 2 is 2.35 bits per heavy atom. The average Bonchev–Trinajstić information content (AvgIpc) is 2.25. The fraction of sp³-hybridized carbons (Fsp3) is 0.500. The molecule has 1 atom stereocenters. The highest BCUT2D eigenvalue weighted by Gasteiger charge is 2.11. The van der Waals surface area contributed by atoms with Gasteiger partial charge in [0.1, 0.15) is 11.6 Å². The van der Waals surface area contributed by atoms with Gasteiger partial charge in [-0.3, -0.25) is 10.1 Å². The molecule has 1 aromatic rings. The number of aromatic nitrogens is 1. The van der Waals surface area contributed by atoms with E-state index in [1.807, 2.05) is 13.2 Å². The molecular weight excluding hydrogens is 240 g/mol. The third-order valence-corrected chi connectivity index (χ3v) is 2.83. The molecule has 3 N–H and O–H groups in total. The minimum Gasteiger partial charge on any atom is -0.383 e. The van der Waals surface area contributed by atoms with Crippen LogP contribution in [0, 0.1) is 10.1 Å². The highest BCUT2D eigenvalue weighted by atomic mass is 32.2. The van der Waals surface area contributed by atoms with Crippen molar-refractivity contribution in [3.05, 3.63) is 22.2 Å². The van der Waals surface area contributed by atoms with Gasteiger partial charge in [0.05, 0.1) is 17.1 Å². The molecule has 0 saturated carbocycles. The smallest absolute Gasteiger partial charge is 0.276 e. The van der Waals surface area contributed by atoms with E-state index in [1.165, 1.54) is 12.1 Å². The molecule has 6 nitrogen and oxygen atoms in total. The third-order valence-electron chi connectivity index (χ3n) is 2.19. The Morgan fingerprint density at radius 1 is 1.65 bits per heavy atom. The number of anilines is 2. The van der Waals surface area contributed by atoms with E-state index in [0.29, 0.717) is 5.82 Å². The molecule has 0 fully saturated rings. The molecule has 0 saturated heterocycles. The lowest BCUT2D eigenvalue weighted by Gasteiger charge is -2.13. The monoisotopic (exact) mass is 256 g/mol. The van der Waals surface area contributed by atoms with Gasteiger partial charge in [0.25, 0.3) is 5.69 Å². The summed E-state index contributed by atoms with van der Waals surface area (Å²) in [4.78, 5) is 14.2. The van der Waals surface area contributed by atoms with Crippen LogP contribution in [0.4, 0.5) is 17.3 Å². The van der Waals surface area contributed by atoms with Crippen LogP contribution in [0.5, 0.6) is 0 Å². The number of nitro groups is 1. The van der Waals surface area contributed by atoms with Crippen LogP contribution in [0.1, 0.15) is 13.3 Å². The summed E-state index contributed by atoms with van der Waals surface area (Å²) < 4.78 is 0. The normalized spacial score (nSPS) is 12.1. The second-order valence-electron chi connectivity index (χ2n) is 3.72. The Kier molecular flexibility index (Phi) is 5.02. The van der Waals surface area contributed by atoms with Gasteiger partial charge in [0.15, 0.2) is 0 Å². The molecule has 0 aliphatic carbocycles. The zero-order valence-electron chi connectivity index (χ0n) is 9.84. The van der Waals surface area contributed by atoms with Crippen molar-refractivity contribution in [3.8, 4) is 0 Å². The largest absolute Gasteiger partial charge is 0.383 e. The predicted octanol–water partition coefficient (Wildman–Crippen LogP) is 2.13. The maximum absolute atomic E-state index is 10.7. The number of nitrogens with zero attached hydrogens (tertiary/aromatic N) is 2. The maximum Gasteiger partial charge on any atom is 0.276 e. The Hall–Kier alpha value is -1.50. The Bertz CT molecular complexity index is 400. The van der Waals surface area contributed by atoms with E-state index in [9.17, 15) is 10.1 Å². The van der Waals surface area contributed by atoms with Gasteiger partial charge in [-0.2, -0.15) is 11.8 Å². The van der Waals surface area contributed by atoms with Crippen LogP contribution in [0.25, 0.3) is 0 Å². The van der Waals surface area contributed by atoms with Crippen molar-refractivity contribution in [1.82, 2.24) is 4.98 Å². The summed E-state index contributed by atoms with van der Waals surface area (Å²) in [5.74, 6) is 1.63. The molecule has 1 unspecified atom stereocenters. The van der Waals surface area contributed by atoms with Crippen molar-refractivity contribution in [2.75, 3.05) is 23.1 Å². The van der Waals surface area contributed by atoms with E-state index >= 15 is 0 Å². The van der Waals surface area contributed by atoms with Crippen LogP contribution in [-0.2, 0) is 0 Å². The SMILES string of the molecule is CSCCC(C)Nc1cc([N+](=O)[O-])cc(N)n1. The number of nitrogens with one attached hydrogen (secondary N) is 1. The number of nitrogen functional groups attached to an aromatic ring is 1. The molecule has 0 aliphatic heterocycles. The highest BCUT2D eigenvalue weighted by Crippen LogP contribution is 2.19. The minimum absolute atomic E-state index is 0.0444. The number of thioether (sulfide) groups is 1. The van der Waals surface area contributed by atoms with Crippen LogP contribution in [-0.4, -0.2) is 28.0 Å². The van der Waals surface area contributed by atoms with E-state index < -0.39 is 4.92 Å². The maximum atomic E-state index is 10.7. The number of hydrogen-bond acceptors (Lipinski definition) is 6. The van der Waals surface area contributed by atoms with Gasteiger partial charge in [-0.05, 0) is 25.4 Å². The summed E-state index contributed by atoms with van der Waals surface area (Å²) in [5.41, 5.74) is 5.47. The molecule has 1 rings (SSSR count). The van der Waals surface area contributed by atoms with Crippen molar-refractivity contribution < 1.29 is 4.92 Å². The number of pyridine rings is 1.